The maximum atomic E-state index is 14.2. The molecule has 0 bridgehead atoms. The summed E-state index contributed by atoms with van der Waals surface area (Å²) in [4.78, 5) is 51.2. The molecule has 0 heterocycles. The molecule has 4 rings (SSSR count). The van der Waals surface area contributed by atoms with Gasteiger partial charge in [0.15, 0.2) is 11.6 Å². The average Bonchev–Trinajstić information content (AvgIpc) is 3.06. The van der Waals surface area contributed by atoms with Crippen molar-refractivity contribution in [3.8, 4) is 0 Å². The van der Waals surface area contributed by atoms with Gasteiger partial charge in [0, 0.05) is 41.2 Å². The quantitative estimate of drug-likeness (QED) is 0.290. The Morgan fingerprint density at radius 3 is 2.41 bits per heavy atom. The Morgan fingerprint density at radius 2 is 1.79 bits per heavy atom. The second kappa shape index (κ2) is 9.85. The molecule has 0 aromatic heterocycles. The molecule has 7 atom stereocenters. The molecular formula is C33H46O6. The van der Waals surface area contributed by atoms with E-state index in [1.165, 1.54) is 19.6 Å². The van der Waals surface area contributed by atoms with Crippen molar-refractivity contribution in [3.63, 3.8) is 0 Å². The highest BCUT2D eigenvalue weighted by Crippen LogP contribution is 2.71. The lowest BCUT2D eigenvalue weighted by atomic mass is 9.44. The summed E-state index contributed by atoms with van der Waals surface area (Å²) in [5, 5.41) is 0. The molecule has 1 saturated carbocycles. The molecule has 0 radical (unpaired) electrons. The molecule has 4 aliphatic rings. The highest BCUT2D eigenvalue weighted by atomic mass is 16.5. The smallest absolute Gasteiger partial charge is 0.333 e. The summed E-state index contributed by atoms with van der Waals surface area (Å²) in [5.41, 5.74) is 1.01. The molecule has 0 aliphatic heterocycles. The van der Waals surface area contributed by atoms with E-state index in [9.17, 15) is 19.2 Å². The largest absolute Gasteiger partial charge is 0.466 e. The Labute approximate surface area is 233 Å². The number of Topliss-reactive ketones (excluding diaryl/α,β-unsaturated/α-hetero) is 1. The van der Waals surface area contributed by atoms with Gasteiger partial charge in [0.2, 0.25) is 0 Å². The first-order chi connectivity index (χ1) is 18.0. The SMILES string of the molecule is COC(=O)/C(C)=C\CCC(C)C1[C@@H](OC(C)=O)C[C@@]2(C)C3=C(C(=O)C[C@]12C)[C@@]1(C)C=CC(=O)C(C)(C)[C@@H]1CC3. The number of ketones is 2. The van der Waals surface area contributed by atoms with E-state index in [4.69, 9.17) is 9.47 Å². The topological polar surface area (TPSA) is 86.7 Å². The molecule has 0 saturated heterocycles. The van der Waals surface area contributed by atoms with Crippen LogP contribution in [0.5, 0.6) is 0 Å². The molecule has 6 nitrogen and oxygen atoms in total. The van der Waals surface area contributed by atoms with Gasteiger partial charge in [-0.25, -0.2) is 4.79 Å². The van der Waals surface area contributed by atoms with E-state index in [0.717, 1.165) is 24.8 Å². The van der Waals surface area contributed by atoms with Crippen LogP contribution in [0.4, 0.5) is 0 Å². The third kappa shape index (κ3) is 4.37. The van der Waals surface area contributed by atoms with Crippen molar-refractivity contribution in [2.75, 3.05) is 7.11 Å². The summed E-state index contributed by atoms with van der Waals surface area (Å²) in [5.74, 6) is -0.0791. The van der Waals surface area contributed by atoms with Gasteiger partial charge in [-0.2, -0.15) is 0 Å². The van der Waals surface area contributed by atoms with Crippen LogP contribution < -0.4 is 0 Å². The zero-order chi connectivity index (χ0) is 29.1. The molecule has 39 heavy (non-hydrogen) atoms. The van der Waals surface area contributed by atoms with Crippen LogP contribution in [0, 0.1) is 39.4 Å². The predicted octanol–water partition coefficient (Wildman–Crippen LogP) is 6.34. The highest BCUT2D eigenvalue weighted by molar-refractivity contribution is 6.02. The molecule has 214 valence electrons. The lowest BCUT2D eigenvalue weighted by Gasteiger charge is -2.58. The maximum Gasteiger partial charge on any atom is 0.333 e. The van der Waals surface area contributed by atoms with E-state index in [1.54, 1.807) is 13.0 Å². The number of hydrogen-bond acceptors (Lipinski definition) is 6. The molecule has 1 fully saturated rings. The van der Waals surface area contributed by atoms with Gasteiger partial charge in [-0.15, -0.1) is 0 Å². The monoisotopic (exact) mass is 538 g/mol. The summed E-state index contributed by atoms with van der Waals surface area (Å²) in [6, 6.07) is 0. The Morgan fingerprint density at radius 1 is 1.13 bits per heavy atom. The van der Waals surface area contributed by atoms with Crippen molar-refractivity contribution in [2.24, 2.45) is 39.4 Å². The number of carbonyl (C=O) groups excluding carboxylic acids is 4. The van der Waals surface area contributed by atoms with E-state index >= 15 is 0 Å². The predicted molar refractivity (Wildman–Crippen MR) is 149 cm³/mol. The van der Waals surface area contributed by atoms with Gasteiger partial charge >= 0.3 is 11.9 Å². The summed E-state index contributed by atoms with van der Waals surface area (Å²) in [6.45, 7) is 16.1. The second-order valence-corrected chi connectivity index (χ2v) is 13.8. The van der Waals surface area contributed by atoms with Crippen molar-refractivity contribution < 1.29 is 28.7 Å². The first kappa shape index (κ1) is 29.5. The minimum Gasteiger partial charge on any atom is -0.466 e. The Bertz CT molecular complexity index is 1190. The number of allylic oxidation sites excluding steroid dienone is 5. The number of esters is 2. The number of fused-ring (bicyclic) bond motifs is 4. The highest BCUT2D eigenvalue weighted by Gasteiger charge is 2.68. The normalized spacial score (nSPS) is 38.1. The van der Waals surface area contributed by atoms with Crippen LogP contribution in [-0.2, 0) is 28.7 Å². The molecule has 0 aromatic rings. The van der Waals surface area contributed by atoms with Crippen LogP contribution in [0.2, 0.25) is 0 Å². The summed E-state index contributed by atoms with van der Waals surface area (Å²) < 4.78 is 10.8. The van der Waals surface area contributed by atoms with Gasteiger partial charge in [-0.3, -0.25) is 14.4 Å². The third-order valence-electron chi connectivity index (χ3n) is 11.3. The van der Waals surface area contributed by atoms with Crippen molar-refractivity contribution >= 4 is 23.5 Å². The number of methoxy groups -OCH3 is 1. The summed E-state index contributed by atoms with van der Waals surface area (Å²) in [7, 11) is 1.38. The first-order valence-corrected chi connectivity index (χ1v) is 14.5. The zero-order valence-electron chi connectivity index (χ0n) is 25.2. The molecule has 4 aliphatic carbocycles. The van der Waals surface area contributed by atoms with Crippen LogP contribution >= 0.6 is 0 Å². The molecule has 6 heteroatoms. The number of carbonyl (C=O) groups is 4. The van der Waals surface area contributed by atoms with Crippen molar-refractivity contribution in [3.05, 3.63) is 34.9 Å². The molecule has 0 spiro atoms. The Hall–Kier alpha value is -2.50. The van der Waals surface area contributed by atoms with E-state index in [-0.39, 0.29) is 58.2 Å². The summed E-state index contributed by atoms with van der Waals surface area (Å²) in [6.07, 6.45) is 9.55. The molecule has 0 N–H and O–H groups in total. The lowest BCUT2D eigenvalue weighted by Crippen LogP contribution is -2.54. The number of ether oxygens (including phenoxy) is 2. The minimum absolute atomic E-state index is 0.00155. The first-order valence-electron chi connectivity index (χ1n) is 14.5. The molecule has 0 aromatic carbocycles. The standard InChI is InChI=1S/C33H46O6/c1-19(11-10-12-20(2)29(37)38-9)27-24(39-21(3)34)18-32(7)22-13-14-25-30(4,5)26(36)15-16-31(25,6)28(22)23(35)17-33(27,32)8/h12,15-16,19,24-25,27H,10-11,13-14,17-18H2,1-9H3/b20-12-/t19?,24-,25-,27?,31-,32-,33+/m0/s1. The van der Waals surface area contributed by atoms with Gasteiger partial charge in [0.1, 0.15) is 6.10 Å². The Kier molecular flexibility index (Phi) is 7.45. The summed E-state index contributed by atoms with van der Waals surface area (Å²) >= 11 is 0. The van der Waals surface area contributed by atoms with Crippen molar-refractivity contribution in [1.29, 1.82) is 0 Å². The van der Waals surface area contributed by atoms with Crippen LogP contribution in [0.25, 0.3) is 0 Å². The van der Waals surface area contributed by atoms with Crippen LogP contribution in [0.1, 0.15) is 93.9 Å². The van der Waals surface area contributed by atoms with Crippen LogP contribution in [0.15, 0.2) is 34.9 Å². The number of hydrogen-bond donors (Lipinski definition) is 0. The van der Waals surface area contributed by atoms with E-state index in [2.05, 4.69) is 27.7 Å². The fraction of sp³-hybridized carbons (Fsp3) is 0.697. The van der Waals surface area contributed by atoms with Gasteiger partial charge in [-0.05, 0) is 67.8 Å². The van der Waals surface area contributed by atoms with Crippen molar-refractivity contribution in [2.45, 2.75) is 100 Å². The number of rotatable bonds is 6. The van der Waals surface area contributed by atoms with Crippen LogP contribution in [0.3, 0.4) is 0 Å². The van der Waals surface area contributed by atoms with Crippen LogP contribution in [-0.4, -0.2) is 36.7 Å². The molecular weight excluding hydrogens is 492 g/mol. The van der Waals surface area contributed by atoms with E-state index in [0.29, 0.717) is 24.8 Å². The maximum absolute atomic E-state index is 14.2. The van der Waals surface area contributed by atoms with Gasteiger partial charge < -0.3 is 9.47 Å². The van der Waals surface area contributed by atoms with Gasteiger partial charge in [0.25, 0.3) is 0 Å². The lowest BCUT2D eigenvalue weighted by molar-refractivity contribution is -0.150. The Balaban J connectivity index is 1.76. The van der Waals surface area contributed by atoms with Gasteiger partial charge in [-0.1, -0.05) is 59.3 Å². The fourth-order valence-electron chi connectivity index (χ4n) is 9.23. The van der Waals surface area contributed by atoms with E-state index < -0.39 is 10.8 Å². The van der Waals surface area contributed by atoms with Gasteiger partial charge in [0.05, 0.1) is 7.11 Å². The fourth-order valence-corrected chi connectivity index (χ4v) is 9.23. The minimum atomic E-state index is -0.521. The second-order valence-electron chi connectivity index (χ2n) is 13.8. The zero-order valence-corrected chi connectivity index (χ0v) is 25.2. The molecule has 0 amide bonds. The van der Waals surface area contributed by atoms with E-state index in [1.807, 2.05) is 26.0 Å². The molecule has 2 unspecified atom stereocenters. The van der Waals surface area contributed by atoms with Crippen molar-refractivity contribution in [1.82, 2.24) is 0 Å². The third-order valence-corrected chi connectivity index (χ3v) is 11.3. The average molecular weight is 539 g/mol.